The number of carboxylic acid groups (broad SMARTS) is 1. The molecule has 1 unspecified atom stereocenters. The first-order chi connectivity index (χ1) is 7.49. The van der Waals surface area contributed by atoms with Gasteiger partial charge in [0.25, 0.3) is 0 Å². The van der Waals surface area contributed by atoms with Gasteiger partial charge in [-0.15, -0.1) is 11.6 Å². The Labute approximate surface area is 102 Å². The maximum atomic E-state index is 10.6. The van der Waals surface area contributed by atoms with Crippen molar-refractivity contribution < 1.29 is 9.90 Å². The molecule has 0 aliphatic carbocycles. The number of carboxylic acids is 1. The third-order valence-corrected chi connectivity index (χ3v) is 3.10. The summed E-state index contributed by atoms with van der Waals surface area (Å²) >= 11 is 5.71. The van der Waals surface area contributed by atoms with Crippen LogP contribution >= 0.6 is 11.6 Å². The number of alkyl halides is 1. The summed E-state index contributed by atoms with van der Waals surface area (Å²) in [5.41, 5.74) is 0. The van der Waals surface area contributed by atoms with Gasteiger partial charge in [0.2, 0.25) is 0 Å². The van der Waals surface area contributed by atoms with Crippen molar-refractivity contribution >= 4 is 17.6 Å². The second-order valence-electron chi connectivity index (χ2n) is 4.80. The van der Waals surface area contributed by atoms with Crippen molar-refractivity contribution in [3.63, 3.8) is 0 Å². The molecule has 1 rings (SSSR count). The Balaban J connectivity index is 2.24. The predicted octanol–water partition coefficient (Wildman–Crippen LogP) is 0.952. The van der Waals surface area contributed by atoms with Gasteiger partial charge in [0, 0.05) is 39.3 Å². The van der Waals surface area contributed by atoms with Crippen LogP contribution in [0.2, 0.25) is 0 Å². The van der Waals surface area contributed by atoms with E-state index in [1.54, 1.807) is 0 Å². The third-order valence-electron chi connectivity index (χ3n) is 2.77. The van der Waals surface area contributed by atoms with E-state index in [1.807, 2.05) is 0 Å². The summed E-state index contributed by atoms with van der Waals surface area (Å²) in [6.07, 6.45) is 0. The molecule has 0 bridgehead atoms. The van der Waals surface area contributed by atoms with Crippen LogP contribution in [0.5, 0.6) is 0 Å². The lowest BCUT2D eigenvalue weighted by atomic mass is 10.2. The predicted molar refractivity (Wildman–Crippen MR) is 65.0 cm³/mol. The van der Waals surface area contributed by atoms with E-state index >= 15 is 0 Å². The molecule has 0 spiro atoms. The average Bonchev–Trinajstić information content (AvgIpc) is 2.20. The molecule has 4 nitrogen and oxygen atoms in total. The summed E-state index contributed by atoms with van der Waals surface area (Å²) in [5.74, 6) is -0.238. The minimum absolute atomic E-state index is 0.451. The van der Waals surface area contributed by atoms with Gasteiger partial charge in [-0.2, -0.15) is 0 Å². The second kappa shape index (κ2) is 6.42. The molecule has 1 aliphatic rings. The standard InChI is InChI=1S/C11H21ClN2O2/c1-9(2)7-13-3-5-14(6-4-13)8-10(12)11(15)16/h9-10H,3-8H2,1-2H3,(H,15,16). The zero-order valence-corrected chi connectivity index (χ0v) is 10.8. The number of hydrogen-bond acceptors (Lipinski definition) is 3. The molecule has 0 amide bonds. The first-order valence-electron chi connectivity index (χ1n) is 5.80. The summed E-state index contributed by atoms with van der Waals surface area (Å²) in [6.45, 7) is 9.87. The maximum Gasteiger partial charge on any atom is 0.322 e. The van der Waals surface area contributed by atoms with E-state index < -0.39 is 11.3 Å². The molecular formula is C11H21ClN2O2. The van der Waals surface area contributed by atoms with E-state index in [-0.39, 0.29) is 0 Å². The Bertz CT molecular complexity index is 228. The average molecular weight is 249 g/mol. The lowest BCUT2D eigenvalue weighted by Gasteiger charge is -2.35. The van der Waals surface area contributed by atoms with Gasteiger partial charge >= 0.3 is 5.97 Å². The number of rotatable bonds is 5. The molecular weight excluding hydrogens is 228 g/mol. The Morgan fingerprint density at radius 3 is 2.00 bits per heavy atom. The first kappa shape index (κ1) is 13.7. The lowest BCUT2D eigenvalue weighted by molar-refractivity contribution is -0.137. The summed E-state index contributed by atoms with van der Waals surface area (Å²) in [4.78, 5) is 15.2. The fraction of sp³-hybridized carbons (Fsp3) is 0.909. The van der Waals surface area contributed by atoms with Crippen LogP contribution in [0.15, 0.2) is 0 Å². The highest BCUT2D eigenvalue weighted by Crippen LogP contribution is 2.07. The van der Waals surface area contributed by atoms with Crippen molar-refractivity contribution in [1.82, 2.24) is 9.80 Å². The third kappa shape index (κ3) is 4.68. The Kier molecular flexibility index (Phi) is 5.52. The topological polar surface area (TPSA) is 43.8 Å². The van der Waals surface area contributed by atoms with Crippen molar-refractivity contribution in [2.24, 2.45) is 5.92 Å². The van der Waals surface area contributed by atoms with Crippen molar-refractivity contribution in [1.29, 1.82) is 0 Å². The minimum Gasteiger partial charge on any atom is -0.480 e. The van der Waals surface area contributed by atoms with Crippen LogP contribution in [0.1, 0.15) is 13.8 Å². The fourth-order valence-corrected chi connectivity index (χ4v) is 2.17. The number of carbonyl (C=O) groups is 1. The van der Waals surface area contributed by atoms with Crippen LogP contribution in [0, 0.1) is 5.92 Å². The van der Waals surface area contributed by atoms with Gasteiger partial charge in [0.15, 0.2) is 0 Å². The number of piperazine rings is 1. The molecule has 1 saturated heterocycles. The van der Waals surface area contributed by atoms with E-state index in [2.05, 4.69) is 23.6 Å². The number of hydrogen-bond donors (Lipinski definition) is 1. The maximum absolute atomic E-state index is 10.6. The lowest BCUT2D eigenvalue weighted by Crippen LogP contribution is -2.49. The van der Waals surface area contributed by atoms with Gasteiger partial charge in [0.1, 0.15) is 5.38 Å². The Hall–Kier alpha value is -0.320. The number of nitrogens with zero attached hydrogens (tertiary/aromatic N) is 2. The van der Waals surface area contributed by atoms with Crippen LogP contribution in [0.25, 0.3) is 0 Å². The molecule has 0 aromatic rings. The largest absolute Gasteiger partial charge is 0.480 e. The van der Waals surface area contributed by atoms with Gasteiger partial charge in [-0.1, -0.05) is 13.8 Å². The van der Waals surface area contributed by atoms with Crippen LogP contribution < -0.4 is 0 Å². The van der Waals surface area contributed by atoms with Gasteiger partial charge in [-0.25, -0.2) is 0 Å². The van der Waals surface area contributed by atoms with Crippen molar-refractivity contribution in [2.75, 3.05) is 39.3 Å². The normalized spacial score (nSPS) is 21.2. The summed E-state index contributed by atoms with van der Waals surface area (Å²) in [6, 6.07) is 0. The highest BCUT2D eigenvalue weighted by Gasteiger charge is 2.22. The van der Waals surface area contributed by atoms with Crippen molar-refractivity contribution in [3.8, 4) is 0 Å². The number of aliphatic carboxylic acids is 1. The van der Waals surface area contributed by atoms with E-state index in [0.717, 1.165) is 32.7 Å². The Morgan fingerprint density at radius 1 is 1.19 bits per heavy atom. The van der Waals surface area contributed by atoms with E-state index in [4.69, 9.17) is 16.7 Å². The van der Waals surface area contributed by atoms with Gasteiger partial charge in [0.05, 0.1) is 0 Å². The SMILES string of the molecule is CC(C)CN1CCN(CC(Cl)C(=O)O)CC1. The molecule has 94 valence electrons. The molecule has 0 aromatic carbocycles. The molecule has 1 heterocycles. The monoisotopic (exact) mass is 248 g/mol. The molecule has 0 aromatic heterocycles. The highest BCUT2D eigenvalue weighted by atomic mass is 35.5. The fourth-order valence-electron chi connectivity index (χ4n) is 1.98. The van der Waals surface area contributed by atoms with E-state index in [1.165, 1.54) is 0 Å². The summed E-state index contributed by atoms with van der Waals surface area (Å²) in [5, 5.41) is 7.93. The first-order valence-corrected chi connectivity index (χ1v) is 6.24. The van der Waals surface area contributed by atoms with E-state index in [9.17, 15) is 4.79 Å². The minimum atomic E-state index is -0.925. The molecule has 1 N–H and O–H groups in total. The Morgan fingerprint density at radius 2 is 1.62 bits per heavy atom. The quantitative estimate of drug-likeness (QED) is 0.736. The van der Waals surface area contributed by atoms with Crippen molar-refractivity contribution in [3.05, 3.63) is 0 Å². The van der Waals surface area contributed by atoms with E-state index in [0.29, 0.717) is 12.5 Å². The molecule has 0 radical (unpaired) electrons. The van der Waals surface area contributed by atoms with Gasteiger partial charge in [-0.3, -0.25) is 9.69 Å². The van der Waals surface area contributed by atoms with Crippen LogP contribution in [-0.2, 0) is 4.79 Å². The van der Waals surface area contributed by atoms with Crippen molar-refractivity contribution in [2.45, 2.75) is 19.2 Å². The molecule has 16 heavy (non-hydrogen) atoms. The zero-order valence-electron chi connectivity index (χ0n) is 10.0. The van der Waals surface area contributed by atoms with Crippen LogP contribution in [0.4, 0.5) is 0 Å². The van der Waals surface area contributed by atoms with Gasteiger partial charge < -0.3 is 10.0 Å². The second-order valence-corrected chi connectivity index (χ2v) is 5.33. The molecule has 1 fully saturated rings. The summed E-state index contributed by atoms with van der Waals surface area (Å²) < 4.78 is 0. The summed E-state index contributed by atoms with van der Waals surface area (Å²) in [7, 11) is 0. The van der Waals surface area contributed by atoms with Crippen LogP contribution in [-0.4, -0.2) is 65.5 Å². The number of halogens is 1. The van der Waals surface area contributed by atoms with Gasteiger partial charge in [-0.05, 0) is 5.92 Å². The van der Waals surface area contributed by atoms with Crippen LogP contribution in [0.3, 0.4) is 0 Å². The molecule has 1 aliphatic heterocycles. The highest BCUT2D eigenvalue weighted by molar-refractivity contribution is 6.29. The molecule has 0 saturated carbocycles. The molecule has 1 atom stereocenters. The molecule has 5 heteroatoms. The smallest absolute Gasteiger partial charge is 0.322 e. The zero-order chi connectivity index (χ0) is 12.1.